The molecule has 2 aromatic heterocycles. The zero-order valence-corrected chi connectivity index (χ0v) is 16.6. The van der Waals surface area contributed by atoms with Crippen LogP contribution < -0.4 is 15.4 Å². The monoisotopic (exact) mass is 446 g/mol. The van der Waals surface area contributed by atoms with Gasteiger partial charge < -0.3 is 15.4 Å². The van der Waals surface area contributed by atoms with E-state index in [9.17, 15) is 22.4 Å². The van der Waals surface area contributed by atoms with Crippen LogP contribution in [0.5, 0.6) is 5.75 Å². The number of primary amides is 1. The number of halogens is 4. The minimum atomic E-state index is -4.52. The van der Waals surface area contributed by atoms with Crippen molar-refractivity contribution in [3.63, 3.8) is 0 Å². The van der Waals surface area contributed by atoms with E-state index in [1.807, 2.05) is 0 Å². The third kappa shape index (κ3) is 4.63. The summed E-state index contributed by atoms with van der Waals surface area (Å²) >= 11 is 0. The van der Waals surface area contributed by atoms with Crippen LogP contribution in [0, 0.1) is 5.82 Å². The standard InChI is InChI=1S/C22H18F4N4O2/c23-14-3-1-13(2-4-14)17-10-18(21(27)31)29-11-19(17)32-16-6-8-30(12-16)15-5-7-28-20(9-15)22(24,25)26/h1-5,7,9-11,16H,6,8,12H2,(H2,27,31). The van der Waals surface area contributed by atoms with Crippen LogP contribution in [0.2, 0.25) is 0 Å². The molecule has 166 valence electrons. The molecule has 1 unspecified atom stereocenters. The molecule has 0 aliphatic carbocycles. The Morgan fingerprint density at radius 1 is 1.12 bits per heavy atom. The maximum Gasteiger partial charge on any atom is 0.433 e. The Balaban J connectivity index is 1.56. The van der Waals surface area contributed by atoms with E-state index >= 15 is 0 Å². The number of benzene rings is 1. The molecule has 2 N–H and O–H groups in total. The summed E-state index contributed by atoms with van der Waals surface area (Å²) in [6.45, 7) is 0.840. The van der Waals surface area contributed by atoms with Gasteiger partial charge in [-0.1, -0.05) is 12.1 Å². The number of nitrogens with two attached hydrogens (primary N) is 1. The van der Waals surface area contributed by atoms with Gasteiger partial charge in [0.1, 0.15) is 29.1 Å². The number of hydrogen-bond donors (Lipinski definition) is 1. The highest BCUT2D eigenvalue weighted by Gasteiger charge is 2.34. The van der Waals surface area contributed by atoms with Crippen LogP contribution in [-0.2, 0) is 6.18 Å². The second kappa shape index (κ2) is 8.45. The Bertz CT molecular complexity index is 1140. The van der Waals surface area contributed by atoms with Crippen LogP contribution in [-0.4, -0.2) is 35.1 Å². The number of carbonyl (C=O) groups excluding carboxylic acids is 1. The Kier molecular flexibility index (Phi) is 5.68. The van der Waals surface area contributed by atoms with E-state index in [1.165, 1.54) is 30.5 Å². The summed E-state index contributed by atoms with van der Waals surface area (Å²) in [6.07, 6.45) is -1.80. The maximum atomic E-state index is 13.3. The number of anilines is 1. The smallest absolute Gasteiger partial charge is 0.433 e. The number of amides is 1. The Morgan fingerprint density at radius 2 is 1.88 bits per heavy atom. The zero-order valence-electron chi connectivity index (χ0n) is 16.6. The second-order valence-corrected chi connectivity index (χ2v) is 7.31. The SMILES string of the molecule is NC(=O)c1cc(-c2ccc(F)cc2)c(OC2CCN(c3ccnc(C(F)(F)F)c3)C2)cn1. The van der Waals surface area contributed by atoms with Gasteiger partial charge in [-0.2, -0.15) is 13.2 Å². The van der Waals surface area contributed by atoms with Crippen LogP contribution >= 0.6 is 0 Å². The number of alkyl halides is 3. The Labute approximate surface area is 180 Å². The molecule has 1 aliphatic heterocycles. The quantitative estimate of drug-likeness (QED) is 0.598. The molecule has 3 aromatic rings. The average molecular weight is 446 g/mol. The van der Waals surface area contributed by atoms with Crippen molar-refractivity contribution in [1.29, 1.82) is 0 Å². The van der Waals surface area contributed by atoms with Gasteiger partial charge in [-0.25, -0.2) is 9.37 Å². The third-order valence-electron chi connectivity index (χ3n) is 5.11. The first-order chi connectivity index (χ1) is 15.2. The van der Waals surface area contributed by atoms with E-state index in [0.717, 1.165) is 12.3 Å². The fourth-order valence-corrected chi connectivity index (χ4v) is 3.54. The van der Waals surface area contributed by atoms with Gasteiger partial charge in [-0.05, 0) is 35.9 Å². The summed E-state index contributed by atoms with van der Waals surface area (Å²) in [4.78, 5) is 20.7. The van der Waals surface area contributed by atoms with E-state index in [0.29, 0.717) is 42.1 Å². The average Bonchev–Trinajstić information content (AvgIpc) is 3.23. The molecule has 6 nitrogen and oxygen atoms in total. The van der Waals surface area contributed by atoms with E-state index in [2.05, 4.69) is 9.97 Å². The highest BCUT2D eigenvalue weighted by atomic mass is 19.4. The summed E-state index contributed by atoms with van der Waals surface area (Å²) in [7, 11) is 0. The van der Waals surface area contributed by atoms with E-state index in [-0.39, 0.29) is 11.8 Å². The lowest BCUT2D eigenvalue weighted by Gasteiger charge is -2.21. The molecule has 3 heterocycles. The second-order valence-electron chi connectivity index (χ2n) is 7.31. The van der Waals surface area contributed by atoms with E-state index in [1.54, 1.807) is 17.0 Å². The molecular formula is C22H18F4N4O2. The normalized spacial score (nSPS) is 16.2. The van der Waals surface area contributed by atoms with Gasteiger partial charge in [0.25, 0.3) is 5.91 Å². The molecule has 10 heteroatoms. The highest BCUT2D eigenvalue weighted by molar-refractivity contribution is 5.92. The number of pyridine rings is 2. The molecule has 0 spiro atoms. The summed E-state index contributed by atoms with van der Waals surface area (Å²) in [5.74, 6) is -0.772. The van der Waals surface area contributed by atoms with Crippen LogP contribution in [0.4, 0.5) is 23.2 Å². The lowest BCUT2D eigenvalue weighted by molar-refractivity contribution is -0.141. The van der Waals surface area contributed by atoms with Gasteiger partial charge in [-0.3, -0.25) is 9.78 Å². The van der Waals surface area contributed by atoms with Crippen molar-refractivity contribution in [2.75, 3.05) is 18.0 Å². The highest BCUT2D eigenvalue weighted by Crippen LogP contribution is 2.34. The number of hydrogen-bond acceptors (Lipinski definition) is 5. The minimum absolute atomic E-state index is 0.0289. The van der Waals surface area contributed by atoms with Crippen molar-refractivity contribution >= 4 is 11.6 Å². The number of aromatic nitrogens is 2. The predicted molar refractivity (Wildman–Crippen MR) is 109 cm³/mol. The molecule has 0 radical (unpaired) electrons. The van der Waals surface area contributed by atoms with Crippen molar-refractivity contribution in [3.05, 3.63) is 72.1 Å². The first-order valence-corrected chi connectivity index (χ1v) is 9.71. The summed E-state index contributed by atoms with van der Waals surface area (Å²) in [5.41, 5.74) is 5.92. The number of nitrogens with zero attached hydrogens (tertiary/aromatic N) is 3. The maximum absolute atomic E-state index is 13.3. The lowest BCUT2D eigenvalue weighted by atomic mass is 10.0. The zero-order chi connectivity index (χ0) is 22.9. The van der Waals surface area contributed by atoms with Gasteiger partial charge >= 0.3 is 6.18 Å². The largest absolute Gasteiger partial charge is 0.486 e. The first kappa shape index (κ1) is 21.5. The van der Waals surface area contributed by atoms with Crippen LogP contribution in [0.15, 0.2) is 54.9 Å². The van der Waals surface area contributed by atoms with E-state index in [4.69, 9.17) is 10.5 Å². The van der Waals surface area contributed by atoms with Gasteiger partial charge in [0, 0.05) is 30.4 Å². The van der Waals surface area contributed by atoms with Gasteiger partial charge in [0.05, 0.1) is 12.7 Å². The molecule has 1 amide bonds. The molecule has 1 fully saturated rings. The topological polar surface area (TPSA) is 81.3 Å². The molecule has 1 saturated heterocycles. The van der Waals surface area contributed by atoms with Crippen molar-refractivity contribution in [1.82, 2.24) is 9.97 Å². The molecule has 0 saturated carbocycles. The minimum Gasteiger partial charge on any atom is -0.486 e. The third-order valence-corrected chi connectivity index (χ3v) is 5.11. The number of rotatable bonds is 5. The molecule has 1 aliphatic rings. The fraction of sp³-hybridized carbons (Fsp3) is 0.227. The number of carbonyl (C=O) groups is 1. The van der Waals surface area contributed by atoms with Crippen molar-refractivity contribution in [2.45, 2.75) is 18.7 Å². The van der Waals surface area contributed by atoms with Crippen LogP contribution in [0.3, 0.4) is 0 Å². The molecule has 1 aromatic carbocycles. The molecule has 1 atom stereocenters. The fourth-order valence-electron chi connectivity index (χ4n) is 3.54. The Morgan fingerprint density at radius 3 is 2.56 bits per heavy atom. The number of ether oxygens (including phenoxy) is 1. The van der Waals surface area contributed by atoms with Crippen molar-refractivity contribution < 1.29 is 27.1 Å². The first-order valence-electron chi connectivity index (χ1n) is 9.71. The van der Waals surface area contributed by atoms with E-state index < -0.39 is 23.6 Å². The molecule has 4 rings (SSSR count). The predicted octanol–water partition coefficient (Wildman–Crippen LogP) is 4.06. The van der Waals surface area contributed by atoms with Crippen molar-refractivity contribution in [2.24, 2.45) is 5.73 Å². The summed E-state index contributed by atoms with van der Waals surface area (Å²) < 4.78 is 58.3. The van der Waals surface area contributed by atoms with Crippen LogP contribution in [0.1, 0.15) is 22.6 Å². The Hall–Kier alpha value is -3.69. The molecular weight excluding hydrogens is 428 g/mol. The lowest BCUT2D eigenvalue weighted by Crippen LogP contribution is -2.25. The summed E-state index contributed by atoms with van der Waals surface area (Å²) in [6, 6.07) is 9.64. The molecule has 0 bridgehead atoms. The summed E-state index contributed by atoms with van der Waals surface area (Å²) in [5, 5.41) is 0. The van der Waals surface area contributed by atoms with Gasteiger partial charge in [0.15, 0.2) is 0 Å². The van der Waals surface area contributed by atoms with Crippen molar-refractivity contribution in [3.8, 4) is 16.9 Å². The molecule has 32 heavy (non-hydrogen) atoms. The van der Waals surface area contributed by atoms with Gasteiger partial charge in [0.2, 0.25) is 0 Å². The van der Waals surface area contributed by atoms with Crippen LogP contribution in [0.25, 0.3) is 11.1 Å². The van der Waals surface area contributed by atoms with Gasteiger partial charge in [-0.15, -0.1) is 0 Å².